The van der Waals surface area contributed by atoms with Crippen LogP contribution in [0.2, 0.25) is 0 Å². The van der Waals surface area contributed by atoms with Gasteiger partial charge in [-0.2, -0.15) is 0 Å². The molecule has 10 heteroatoms. The second kappa shape index (κ2) is 6.89. The summed E-state index contributed by atoms with van der Waals surface area (Å²) in [5.41, 5.74) is 6.39. The molecule has 5 rings (SSSR count). The molecule has 0 amide bonds. The Morgan fingerprint density at radius 1 is 1.45 bits per heavy atom. The summed E-state index contributed by atoms with van der Waals surface area (Å²) < 4.78 is 41.0. The van der Waals surface area contributed by atoms with E-state index in [1.165, 1.54) is 10.8 Å². The molecule has 1 aromatic heterocycles. The minimum absolute atomic E-state index is 0.0426. The van der Waals surface area contributed by atoms with Crippen molar-refractivity contribution >= 4 is 22.7 Å². The van der Waals surface area contributed by atoms with E-state index in [2.05, 4.69) is 4.74 Å². The van der Waals surface area contributed by atoms with Crippen LogP contribution in [0.25, 0.3) is 10.9 Å². The molecule has 3 N–H and O–H groups in total. The SMILES string of the molecule is Cc1c(N2C[C@@H]3CCOC[C@@]3(N)C2)c(F)cc2c(=O)c(OC(=O)O)cn([C@@H]3C[C@@H]3F)c12. The number of anilines is 1. The van der Waals surface area contributed by atoms with Crippen LogP contribution in [0, 0.1) is 18.7 Å². The van der Waals surface area contributed by atoms with Crippen molar-refractivity contribution in [1.82, 2.24) is 4.57 Å². The first-order chi connectivity index (χ1) is 14.7. The van der Waals surface area contributed by atoms with Crippen LogP contribution in [0.3, 0.4) is 0 Å². The summed E-state index contributed by atoms with van der Waals surface area (Å²) in [5, 5.41) is 8.89. The monoisotopic (exact) mass is 435 g/mol. The summed E-state index contributed by atoms with van der Waals surface area (Å²) >= 11 is 0. The van der Waals surface area contributed by atoms with Crippen molar-refractivity contribution in [3.8, 4) is 5.75 Å². The van der Waals surface area contributed by atoms with E-state index in [1.54, 1.807) is 6.92 Å². The van der Waals surface area contributed by atoms with E-state index in [9.17, 15) is 14.0 Å². The zero-order chi connectivity index (χ0) is 22.1. The number of fused-ring (bicyclic) bond motifs is 2. The van der Waals surface area contributed by atoms with Crippen LogP contribution >= 0.6 is 0 Å². The number of carbonyl (C=O) groups is 1. The van der Waals surface area contributed by atoms with E-state index >= 15 is 4.39 Å². The summed E-state index contributed by atoms with van der Waals surface area (Å²) in [7, 11) is 0. The van der Waals surface area contributed by atoms with E-state index in [0.717, 1.165) is 12.5 Å². The van der Waals surface area contributed by atoms with Crippen molar-refractivity contribution in [2.75, 3.05) is 31.2 Å². The molecule has 0 spiro atoms. The van der Waals surface area contributed by atoms with Gasteiger partial charge in [-0.25, -0.2) is 13.6 Å². The van der Waals surface area contributed by atoms with Gasteiger partial charge < -0.3 is 29.8 Å². The van der Waals surface area contributed by atoms with Crippen molar-refractivity contribution in [3.05, 3.63) is 33.9 Å². The predicted molar refractivity (Wildman–Crippen MR) is 108 cm³/mol. The van der Waals surface area contributed by atoms with Crippen LogP contribution in [-0.4, -0.2) is 53.8 Å². The maximum absolute atomic E-state index is 15.3. The van der Waals surface area contributed by atoms with Crippen molar-refractivity contribution in [3.63, 3.8) is 0 Å². The van der Waals surface area contributed by atoms with Gasteiger partial charge in [0.2, 0.25) is 5.43 Å². The Balaban J connectivity index is 1.68. The molecular formula is C21H23F2N3O5. The number of carboxylic acid groups (broad SMARTS) is 1. The van der Waals surface area contributed by atoms with E-state index in [-0.39, 0.29) is 17.7 Å². The molecule has 1 aromatic carbocycles. The maximum atomic E-state index is 15.3. The quantitative estimate of drug-likeness (QED) is 0.713. The van der Waals surface area contributed by atoms with Gasteiger partial charge in [-0.1, -0.05) is 0 Å². The molecule has 1 aliphatic carbocycles. The lowest BCUT2D eigenvalue weighted by Gasteiger charge is -2.34. The van der Waals surface area contributed by atoms with E-state index < -0.39 is 40.9 Å². The lowest BCUT2D eigenvalue weighted by molar-refractivity contribution is 0.0203. The van der Waals surface area contributed by atoms with Gasteiger partial charge in [0, 0.05) is 32.0 Å². The third-order valence-corrected chi connectivity index (χ3v) is 6.72. The molecule has 2 aliphatic heterocycles. The van der Waals surface area contributed by atoms with Crippen LogP contribution in [0.5, 0.6) is 5.75 Å². The summed E-state index contributed by atoms with van der Waals surface area (Å²) in [5.74, 6) is -0.935. The van der Waals surface area contributed by atoms with Crippen LogP contribution in [0.1, 0.15) is 24.4 Å². The highest BCUT2D eigenvalue weighted by Gasteiger charge is 2.47. The normalized spacial score (nSPS) is 29.8. The van der Waals surface area contributed by atoms with Gasteiger partial charge in [0.25, 0.3) is 0 Å². The standard InChI is InChI=1S/C21H23F2N3O5/c1-10-17-12(19(27)16(31-20(28)29)7-26(17)15-5-13(15)22)4-14(23)18(10)25-6-11-2-3-30-9-21(11,24)8-25/h4,7,11,13,15H,2-3,5-6,8-9,24H2,1H3,(H,28,29)/t11-,13-,15+,21-/m0/s1. The molecule has 3 heterocycles. The first kappa shape index (κ1) is 20.2. The Morgan fingerprint density at radius 2 is 2.19 bits per heavy atom. The van der Waals surface area contributed by atoms with Crippen molar-refractivity contribution in [1.29, 1.82) is 0 Å². The third kappa shape index (κ3) is 3.16. The summed E-state index contributed by atoms with van der Waals surface area (Å²) in [6.45, 7) is 3.66. The first-order valence-electron chi connectivity index (χ1n) is 10.2. The molecule has 1 saturated carbocycles. The average Bonchev–Trinajstić information content (AvgIpc) is 3.31. The molecule has 3 aliphatic rings. The fourth-order valence-corrected chi connectivity index (χ4v) is 5.10. The highest BCUT2D eigenvalue weighted by Crippen LogP contribution is 2.44. The van der Waals surface area contributed by atoms with Gasteiger partial charge in [0.1, 0.15) is 12.0 Å². The number of pyridine rings is 1. The number of halogens is 2. The Hall–Kier alpha value is -2.72. The Bertz CT molecular complexity index is 1150. The largest absolute Gasteiger partial charge is 0.511 e. The van der Waals surface area contributed by atoms with Crippen LogP contribution < -0.4 is 20.8 Å². The lowest BCUT2D eigenvalue weighted by atomic mass is 9.85. The Morgan fingerprint density at radius 3 is 2.84 bits per heavy atom. The van der Waals surface area contributed by atoms with Gasteiger partial charge in [0.05, 0.1) is 41.0 Å². The van der Waals surface area contributed by atoms with Crippen molar-refractivity contribution in [2.24, 2.45) is 11.7 Å². The van der Waals surface area contributed by atoms with Gasteiger partial charge in [-0.3, -0.25) is 4.79 Å². The van der Waals surface area contributed by atoms with E-state index in [0.29, 0.717) is 43.1 Å². The molecule has 0 unspecified atom stereocenters. The zero-order valence-corrected chi connectivity index (χ0v) is 16.9. The minimum Gasteiger partial charge on any atom is -0.449 e. The summed E-state index contributed by atoms with van der Waals surface area (Å²) in [4.78, 5) is 25.7. The number of nitrogens with two attached hydrogens (primary N) is 1. The van der Waals surface area contributed by atoms with Gasteiger partial charge >= 0.3 is 6.16 Å². The molecule has 166 valence electrons. The topological polar surface area (TPSA) is 107 Å². The third-order valence-electron chi connectivity index (χ3n) is 6.72. The summed E-state index contributed by atoms with van der Waals surface area (Å²) in [6.07, 6.45) is -0.575. The highest BCUT2D eigenvalue weighted by atomic mass is 19.1. The van der Waals surface area contributed by atoms with Gasteiger partial charge in [0.15, 0.2) is 5.75 Å². The molecule has 0 radical (unpaired) electrons. The molecule has 8 nitrogen and oxygen atoms in total. The fraction of sp³-hybridized carbons (Fsp3) is 0.524. The van der Waals surface area contributed by atoms with E-state index in [1.807, 2.05) is 4.90 Å². The van der Waals surface area contributed by atoms with Crippen molar-refractivity contribution < 1.29 is 28.2 Å². The lowest BCUT2D eigenvalue weighted by Crippen LogP contribution is -2.54. The second-order valence-corrected chi connectivity index (χ2v) is 8.80. The van der Waals surface area contributed by atoms with Crippen molar-refractivity contribution in [2.45, 2.75) is 37.5 Å². The number of alkyl halides is 1. The van der Waals surface area contributed by atoms with E-state index in [4.69, 9.17) is 15.6 Å². The van der Waals surface area contributed by atoms with Crippen LogP contribution in [-0.2, 0) is 4.74 Å². The van der Waals surface area contributed by atoms with Gasteiger partial charge in [-0.05, 0) is 25.0 Å². The maximum Gasteiger partial charge on any atom is 0.511 e. The molecule has 2 aromatic rings. The average molecular weight is 435 g/mol. The second-order valence-electron chi connectivity index (χ2n) is 8.80. The Labute approximate surface area is 176 Å². The molecule has 31 heavy (non-hydrogen) atoms. The fourth-order valence-electron chi connectivity index (χ4n) is 5.10. The number of ether oxygens (including phenoxy) is 2. The van der Waals surface area contributed by atoms with Crippen LogP contribution in [0.4, 0.5) is 19.3 Å². The first-order valence-corrected chi connectivity index (χ1v) is 10.2. The molecule has 0 bridgehead atoms. The molecule has 2 saturated heterocycles. The number of aryl methyl sites for hydroxylation is 1. The zero-order valence-electron chi connectivity index (χ0n) is 16.9. The highest BCUT2D eigenvalue weighted by molar-refractivity contribution is 5.89. The number of benzene rings is 1. The predicted octanol–water partition coefficient (Wildman–Crippen LogP) is 2.34. The van der Waals surface area contributed by atoms with Gasteiger partial charge in [-0.15, -0.1) is 0 Å². The molecular weight excluding hydrogens is 412 g/mol. The Kier molecular flexibility index (Phi) is 4.49. The summed E-state index contributed by atoms with van der Waals surface area (Å²) in [6, 6.07) is 0.523. The smallest absolute Gasteiger partial charge is 0.449 e. The number of nitrogens with zero attached hydrogens (tertiary/aromatic N) is 2. The molecule has 3 fully saturated rings. The number of hydrogen-bond acceptors (Lipinski definition) is 6. The number of aromatic nitrogens is 1. The van der Waals surface area contributed by atoms with Crippen LogP contribution in [0.15, 0.2) is 17.1 Å². The number of rotatable bonds is 3. The molecule has 4 atom stereocenters. The minimum atomic E-state index is -1.67. The number of hydrogen-bond donors (Lipinski definition) is 2.